The maximum Gasteiger partial charge on any atom is 0.358 e. The van der Waals surface area contributed by atoms with Gasteiger partial charge in [0.1, 0.15) is 0 Å². The monoisotopic (exact) mass is 299 g/mol. The van der Waals surface area contributed by atoms with E-state index in [9.17, 15) is 4.79 Å². The van der Waals surface area contributed by atoms with Gasteiger partial charge in [-0.1, -0.05) is 41.8 Å². The summed E-state index contributed by atoms with van der Waals surface area (Å²) in [4.78, 5) is 11.1. The van der Waals surface area contributed by atoms with E-state index in [1.807, 2.05) is 6.92 Å². The van der Waals surface area contributed by atoms with E-state index < -0.39 is 5.97 Å². The fourth-order valence-corrected chi connectivity index (χ4v) is 2.26. The summed E-state index contributed by atoms with van der Waals surface area (Å²) in [5.74, 6) is -1.10. The molecule has 7 heteroatoms. The largest absolute Gasteiger partial charge is 0.476 e. The number of aromatic carboxylic acids is 1. The van der Waals surface area contributed by atoms with Crippen LogP contribution in [0.25, 0.3) is 5.69 Å². The molecule has 1 aromatic heterocycles. The molecule has 0 spiro atoms. The molecule has 5 nitrogen and oxygen atoms in total. The van der Waals surface area contributed by atoms with Crippen LogP contribution in [0.2, 0.25) is 10.0 Å². The Kier molecular flexibility index (Phi) is 4.07. The topological polar surface area (TPSA) is 68.0 Å². The van der Waals surface area contributed by atoms with E-state index in [0.29, 0.717) is 27.8 Å². The summed E-state index contributed by atoms with van der Waals surface area (Å²) in [7, 11) is 0. The fourth-order valence-electron chi connectivity index (χ4n) is 1.78. The molecule has 100 valence electrons. The molecule has 2 aromatic rings. The quantitative estimate of drug-likeness (QED) is 0.941. The summed E-state index contributed by atoms with van der Waals surface area (Å²) in [5.41, 5.74) is 1.04. The molecule has 2 rings (SSSR count). The zero-order valence-corrected chi connectivity index (χ0v) is 11.6. The minimum absolute atomic E-state index is 0.0483. The number of aromatic nitrogens is 3. The molecule has 1 aromatic carbocycles. The number of carboxylic acid groups (broad SMARTS) is 1. The van der Waals surface area contributed by atoms with Crippen LogP contribution >= 0.6 is 23.2 Å². The van der Waals surface area contributed by atoms with Gasteiger partial charge in [0.15, 0.2) is 5.69 Å². The number of carboxylic acids is 1. The number of carbonyl (C=O) groups is 1. The lowest BCUT2D eigenvalue weighted by atomic mass is 10.2. The van der Waals surface area contributed by atoms with E-state index in [0.717, 1.165) is 6.42 Å². The Morgan fingerprint density at radius 2 is 2.16 bits per heavy atom. The van der Waals surface area contributed by atoms with Crippen molar-refractivity contribution in [2.24, 2.45) is 0 Å². The van der Waals surface area contributed by atoms with E-state index in [-0.39, 0.29) is 5.69 Å². The lowest BCUT2D eigenvalue weighted by molar-refractivity contribution is 0.0689. The molecule has 19 heavy (non-hydrogen) atoms. The van der Waals surface area contributed by atoms with Gasteiger partial charge in [0.2, 0.25) is 0 Å². The second-order valence-corrected chi connectivity index (χ2v) is 4.79. The average Bonchev–Trinajstić information content (AvgIpc) is 2.73. The van der Waals surface area contributed by atoms with Crippen LogP contribution in [0, 0.1) is 0 Å². The predicted molar refractivity (Wildman–Crippen MR) is 72.3 cm³/mol. The van der Waals surface area contributed by atoms with Crippen LogP contribution in [0.1, 0.15) is 29.5 Å². The Morgan fingerprint density at radius 1 is 1.42 bits per heavy atom. The highest BCUT2D eigenvalue weighted by Crippen LogP contribution is 2.25. The second kappa shape index (κ2) is 5.59. The zero-order valence-electron chi connectivity index (χ0n) is 10.1. The number of hydrogen-bond donors (Lipinski definition) is 1. The Morgan fingerprint density at radius 3 is 2.74 bits per heavy atom. The summed E-state index contributed by atoms with van der Waals surface area (Å²) >= 11 is 11.9. The first kappa shape index (κ1) is 13.8. The Bertz CT molecular complexity index is 625. The van der Waals surface area contributed by atoms with Crippen LogP contribution in [0.4, 0.5) is 0 Å². The van der Waals surface area contributed by atoms with E-state index >= 15 is 0 Å². The van der Waals surface area contributed by atoms with Crippen molar-refractivity contribution in [3.63, 3.8) is 0 Å². The van der Waals surface area contributed by atoms with Crippen molar-refractivity contribution in [2.75, 3.05) is 0 Å². The van der Waals surface area contributed by atoms with Crippen molar-refractivity contribution in [3.05, 3.63) is 39.6 Å². The average molecular weight is 300 g/mol. The van der Waals surface area contributed by atoms with Gasteiger partial charge in [-0.3, -0.25) is 0 Å². The van der Waals surface area contributed by atoms with E-state index in [1.54, 1.807) is 18.2 Å². The van der Waals surface area contributed by atoms with Gasteiger partial charge in [0.05, 0.1) is 16.4 Å². The van der Waals surface area contributed by atoms with Crippen molar-refractivity contribution in [2.45, 2.75) is 19.8 Å². The first-order valence-corrected chi connectivity index (χ1v) is 6.43. The maximum absolute atomic E-state index is 11.1. The van der Waals surface area contributed by atoms with Crippen LogP contribution in [-0.2, 0) is 6.42 Å². The third kappa shape index (κ3) is 2.72. The van der Waals surface area contributed by atoms with Crippen LogP contribution in [0.3, 0.4) is 0 Å². The smallest absolute Gasteiger partial charge is 0.358 e. The lowest BCUT2D eigenvalue weighted by Gasteiger charge is -2.08. The number of hydrogen-bond acceptors (Lipinski definition) is 3. The van der Waals surface area contributed by atoms with Gasteiger partial charge in [-0.25, -0.2) is 9.48 Å². The molecule has 0 aliphatic carbocycles. The highest BCUT2D eigenvalue weighted by atomic mass is 35.5. The molecule has 0 unspecified atom stereocenters. The molecule has 0 radical (unpaired) electrons. The SMILES string of the molecule is CCCc1c(C(=O)O)nnn1-c1ccc(Cl)cc1Cl. The van der Waals surface area contributed by atoms with Crippen molar-refractivity contribution < 1.29 is 9.90 Å². The second-order valence-electron chi connectivity index (χ2n) is 3.95. The van der Waals surface area contributed by atoms with Gasteiger partial charge in [-0.05, 0) is 24.6 Å². The number of benzene rings is 1. The number of halogens is 2. The number of nitrogens with zero attached hydrogens (tertiary/aromatic N) is 3. The third-order valence-corrected chi connectivity index (χ3v) is 3.13. The normalized spacial score (nSPS) is 10.7. The number of rotatable bonds is 4. The molecular formula is C12H11Cl2N3O2. The van der Waals surface area contributed by atoms with Gasteiger partial charge in [0, 0.05) is 5.02 Å². The molecule has 0 bridgehead atoms. The van der Waals surface area contributed by atoms with Gasteiger partial charge in [0.25, 0.3) is 0 Å². The summed E-state index contributed by atoms with van der Waals surface area (Å²) in [5, 5.41) is 17.6. The Hall–Kier alpha value is -1.59. The van der Waals surface area contributed by atoms with Crippen LogP contribution < -0.4 is 0 Å². The van der Waals surface area contributed by atoms with Crippen molar-refractivity contribution in [1.29, 1.82) is 0 Å². The van der Waals surface area contributed by atoms with Crippen molar-refractivity contribution >= 4 is 29.2 Å². The first-order chi connectivity index (χ1) is 9.04. The van der Waals surface area contributed by atoms with Crippen LogP contribution in [-0.4, -0.2) is 26.1 Å². The Labute approximate surface area is 119 Å². The highest BCUT2D eigenvalue weighted by molar-refractivity contribution is 6.35. The molecule has 0 saturated carbocycles. The van der Waals surface area contributed by atoms with Crippen molar-refractivity contribution in [3.8, 4) is 5.69 Å². The maximum atomic E-state index is 11.1. The third-order valence-electron chi connectivity index (χ3n) is 2.59. The zero-order chi connectivity index (χ0) is 14.0. The molecular weight excluding hydrogens is 289 g/mol. The molecule has 0 fully saturated rings. The molecule has 0 aliphatic rings. The molecule has 1 heterocycles. The molecule has 1 N–H and O–H groups in total. The molecule has 0 saturated heterocycles. The summed E-state index contributed by atoms with van der Waals surface area (Å²) in [6.07, 6.45) is 1.33. The standard InChI is InChI=1S/C12H11Cl2N3O2/c1-2-3-10-11(12(18)19)15-16-17(10)9-5-4-7(13)6-8(9)14/h4-6H,2-3H2,1H3,(H,18,19). The Balaban J connectivity index is 2.58. The van der Waals surface area contributed by atoms with Crippen molar-refractivity contribution in [1.82, 2.24) is 15.0 Å². The van der Waals surface area contributed by atoms with Gasteiger partial charge < -0.3 is 5.11 Å². The first-order valence-electron chi connectivity index (χ1n) is 5.68. The molecule has 0 aliphatic heterocycles. The summed E-state index contributed by atoms with van der Waals surface area (Å²) in [6, 6.07) is 4.93. The molecule has 0 atom stereocenters. The van der Waals surface area contributed by atoms with E-state index in [4.69, 9.17) is 28.3 Å². The molecule has 0 amide bonds. The predicted octanol–water partition coefficient (Wildman–Crippen LogP) is 3.22. The van der Waals surface area contributed by atoms with Crippen LogP contribution in [0.5, 0.6) is 0 Å². The van der Waals surface area contributed by atoms with Crippen LogP contribution in [0.15, 0.2) is 18.2 Å². The van der Waals surface area contributed by atoms with Gasteiger partial charge >= 0.3 is 5.97 Å². The lowest BCUT2D eigenvalue weighted by Crippen LogP contribution is -2.07. The van der Waals surface area contributed by atoms with Gasteiger partial charge in [-0.15, -0.1) is 5.10 Å². The van der Waals surface area contributed by atoms with Gasteiger partial charge in [-0.2, -0.15) is 0 Å². The van der Waals surface area contributed by atoms with E-state index in [1.165, 1.54) is 4.68 Å². The minimum Gasteiger partial charge on any atom is -0.476 e. The summed E-state index contributed by atoms with van der Waals surface area (Å²) < 4.78 is 1.45. The van der Waals surface area contributed by atoms with E-state index in [2.05, 4.69) is 10.3 Å². The minimum atomic E-state index is -1.10. The summed E-state index contributed by atoms with van der Waals surface area (Å²) in [6.45, 7) is 1.95. The highest BCUT2D eigenvalue weighted by Gasteiger charge is 2.20. The fraction of sp³-hybridized carbons (Fsp3) is 0.250.